The lowest BCUT2D eigenvalue weighted by atomic mass is 9.87. The fourth-order valence-electron chi connectivity index (χ4n) is 5.65. The SMILES string of the molecule is COc1ccccc1[C@H]1SCC(=O)N(CC(=O)NC[C@@H]2CCCO2)c2c1c(C(C)(C)C)nn2-c1ccc(C)cc1C. The molecule has 1 fully saturated rings. The number of carbonyl (C=O) groups is 2. The smallest absolute Gasteiger partial charge is 0.240 e. The average Bonchev–Trinajstić information content (AvgIpc) is 3.57. The third kappa shape index (κ3) is 6.02. The van der Waals surface area contributed by atoms with E-state index in [1.165, 1.54) is 0 Å². The van der Waals surface area contributed by atoms with Crippen LogP contribution in [0.25, 0.3) is 5.69 Å². The summed E-state index contributed by atoms with van der Waals surface area (Å²) in [4.78, 5) is 28.9. The number of aromatic nitrogens is 2. The van der Waals surface area contributed by atoms with E-state index in [1.54, 1.807) is 23.8 Å². The molecule has 0 aliphatic carbocycles. The quantitative estimate of drug-likeness (QED) is 0.413. The molecular weight excluding hydrogens is 536 g/mol. The van der Waals surface area contributed by atoms with Crippen LogP contribution in [0.15, 0.2) is 42.5 Å². The number of hydrogen-bond acceptors (Lipinski definition) is 6. The summed E-state index contributed by atoms with van der Waals surface area (Å²) in [5.41, 5.74) is 5.52. The second-order valence-electron chi connectivity index (χ2n) is 11.9. The zero-order chi connectivity index (χ0) is 29.3. The Hall–Kier alpha value is -3.30. The Kier molecular flexibility index (Phi) is 8.47. The molecule has 2 amide bonds. The van der Waals surface area contributed by atoms with Crippen molar-refractivity contribution in [2.45, 2.75) is 64.2 Å². The molecule has 9 heteroatoms. The van der Waals surface area contributed by atoms with Crippen LogP contribution in [0, 0.1) is 13.8 Å². The number of para-hydroxylation sites is 1. The van der Waals surface area contributed by atoms with Gasteiger partial charge < -0.3 is 14.8 Å². The minimum atomic E-state index is -0.337. The molecule has 2 atom stereocenters. The van der Waals surface area contributed by atoms with Crippen molar-refractivity contribution in [3.8, 4) is 11.4 Å². The van der Waals surface area contributed by atoms with Crippen LogP contribution in [-0.2, 0) is 19.7 Å². The summed E-state index contributed by atoms with van der Waals surface area (Å²) < 4.78 is 13.4. The van der Waals surface area contributed by atoms with E-state index in [1.807, 2.05) is 28.9 Å². The molecule has 2 aromatic carbocycles. The summed E-state index contributed by atoms with van der Waals surface area (Å²) in [5.74, 6) is 1.26. The number of carbonyl (C=O) groups excluding carboxylic acids is 2. The van der Waals surface area contributed by atoms with Gasteiger partial charge in [0.25, 0.3) is 0 Å². The number of nitrogens with zero attached hydrogens (tertiary/aromatic N) is 3. The van der Waals surface area contributed by atoms with Gasteiger partial charge in [-0.25, -0.2) is 4.68 Å². The van der Waals surface area contributed by atoms with Gasteiger partial charge in [-0.15, -0.1) is 11.8 Å². The fraction of sp³-hybridized carbons (Fsp3) is 0.469. The standard InChI is InChI=1S/C32H40N4O4S/c1-20-13-14-24(21(2)16-20)36-31-28(30(34-36)32(3,4)5)29(23-11-7-8-12-25(23)39-6)41-19-27(38)35(31)18-26(37)33-17-22-10-9-15-40-22/h7-8,11-14,16,22,29H,9-10,15,17-19H2,1-6H3,(H,33,37)/t22-,29+/m0/s1. The Morgan fingerprint density at radius 2 is 1.98 bits per heavy atom. The first-order chi connectivity index (χ1) is 19.6. The predicted molar refractivity (Wildman–Crippen MR) is 163 cm³/mol. The molecule has 2 aliphatic rings. The lowest BCUT2D eigenvalue weighted by Gasteiger charge is -2.25. The second kappa shape index (κ2) is 11.9. The van der Waals surface area contributed by atoms with Gasteiger partial charge in [0.15, 0.2) is 0 Å². The fourth-order valence-corrected chi connectivity index (χ4v) is 6.87. The molecule has 5 rings (SSSR count). The highest BCUT2D eigenvalue weighted by atomic mass is 32.2. The van der Waals surface area contributed by atoms with E-state index in [-0.39, 0.29) is 40.9 Å². The molecule has 0 unspecified atom stereocenters. The first-order valence-corrected chi connectivity index (χ1v) is 15.3. The molecule has 3 heterocycles. The summed E-state index contributed by atoms with van der Waals surface area (Å²) in [7, 11) is 1.67. The summed E-state index contributed by atoms with van der Waals surface area (Å²) in [6.45, 7) is 11.6. The van der Waals surface area contributed by atoms with Crippen molar-refractivity contribution in [3.63, 3.8) is 0 Å². The molecule has 0 spiro atoms. The number of amides is 2. The average molecular weight is 577 g/mol. The van der Waals surface area contributed by atoms with Crippen molar-refractivity contribution in [2.24, 2.45) is 0 Å². The van der Waals surface area contributed by atoms with E-state index in [0.717, 1.165) is 58.8 Å². The van der Waals surface area contributed by atoms with Crippen LogP contribution in [0.2, 0.25) is 0 Å². The molecular formula is C32H40N4O4S. The summed E-state index contributed by atoms with van der Waals surface area (Å²) in [6.07, 6.45) is 1.95. The first-order valence-electron chi connectivity index (χ1n) is 14.2. The lowest BCUT2D eigenvalue weighted by Crippen LogP contribution is -2.44. The zero-order valence-electron chi connectivity index (χ0n) is 24.8. The van der Waals surface area contributed by atoms with Gasteiger partial charge in [-0.3, -0.25) is 14.5 Å². The molecule has 1 N–H and O–H groups in total. The molecule has 1 aromatic heterocycles. The monoisotopic (exact) mass is 576 g/mol. The van der Waals surface area contributed by atoms with Crippen LogP contribution in [-0.4, -0.2) is 60.3 Å². The third-order valence-electron chi connectivity index (χ3n) is 7.65. The van der Waals surface area contributed by atoms with E-state index in [0.29, 0.717) is 12.4 Å². The number of anilines is 1. The van der Waals surface area contributed by atoms with Crippen LogP contribution in [0.4, 0.5) is 5.82 Å². The lowest BCUT2D eigenvalue weighted by molar-refractivity contribution is -0.123. The molecule has 8 nitrogen and oxygen atoms in total. The molecule has 3 aromatic rings. The number of methoxy groups -OCH3 is 1. The van der Waals surface area contributed by atoms with Gasteiger partial charge in [-0.2, -0.15) is 5.10 Å². The Morgan fingerprint density at radius 1 is 1.20 bits per heavy atom. The number of nitrogens with one attached hydrogen (secondary N) is 1. The van der Waals surface area contributed by atoms with Gasteiger partial charge in [0.05, 0.1) is 35.6 Å². The van der Waals surface area contributed by atoms with Gasteiger partial charge in [-0.1, -0.05) is 56.7 Å². The first kappa shape index (κ1) is 29.2. The number of hydrogen-bond donors (Lipinski definition) is 1. The van der Waals surface area contributed by atoms with E-state index < -0.39 is 0 Å². The molecule has 41 heavy (non-hydrogen) atoms. The van der Waals surface area contributed by atoms with Crippen LogP contribution in [0.5, 0.6) is 5.75 Å². The normalized spacial score (nSPS) is 19.2. The van der Waals surface area contributed by atoms with E-state index in [4.69, 9.17) is 14.6 Å². The van der Waals surface area contributed by atoms with E-state index >= 15 is 0 Å². The highest BCUT2D eigenvalue weighted by Gasteiger charge is 2.41. The molecule has 0 bridgehead atoms. The highest BCUT2D eigenvalue weighted by Crippen LogP contribution is 2.50. The Labute approximate surface area is 246 Å². The molecule has 0 saturated carbocycles. The molecule has 1 saturated heterocycles. The third-order valence-corrected chi connectivity index (χ3v) is 8.89. The topological polar surface area (TPSA) is 85.7 Å². The summed E-state index contributed by atoms with van der Waals surface area (Å²) in [6, 6.07) is 14.2. The zero-order valence-corrected chi connectivity index (χ0v) is 25.6. The van der Waals surface area contributed by atoms with Crippen molar-refractivity contribution < 1.29 is 19.1 Å². The number of thioether (sulfide) groups is 1. The van der Waals surface area contributed by atoms with Gasteiger partial charge in [0, 0.05) is 29.7 Å². The molecule has 0 radical (unpaired) electrons. The maximum absolute atomic E-state index is 13.9. The maximum atomic E-state index is 13.9. The Bertz CT molecular complexity index is 1440. The number of aryl methyl sites for hydroxylation is 2. The van der Waals surface area contributed by atoms with Crippen molar-refractivity contribution in [3.05, 3.63) is 70.4 Å². The second-order valence-corrected chi connectivity index (χ2v) is 13.0. The van der Waals surface area contributed by atoms with Crippen molar-refractivity contribution in [1.82, 2.24) is 15.1 Å². The Morgan fingerprint density at radius 3 is 2.66 bits per heavy atom. The highest BCUT2D eigenvalue weighted by molar-refractivity contribution is 8.00. The van der Waals surface area contributed by atoms with Gasteiger partial charge in [-0.05, 0) is 44.4 Å². The molecule has 2 aliphatic heterocycles. The largest absolute Gasteiger partial charge is 0.496 e. The summed E-state index contributed by atoms with van der Waals surface area (Å²) in [5, 5.41) is 8.00. The number of ether oxygens (including phenoxy) is 2. The van der Waals surface area contributed by atoms with Crippen LogP contribution in [0.1, 0.15) is 66.8 Å². The van der Waals surface area contributed by atoms with Gasteiger partial charge >= 0.3 is 0 Å². The van der Waals surface area contributed by atoms with Crippen LogP contribution < -0.4 is 15.0 Å². The summed E-state index contributed by atoms with van der Waals surface area (Å²) >= 11 is 1.55. The number of benzene rings is 2. The van der Waals surface area contributed by atoms with Crippen molar-refractivity contribution in [1.29, 1.82) is 0 Å². The Balaban J connectivity index is 1.69. The minimum absolute atomic E-state index is 0.0213. The van der Waals surface area contributed by atoms with Crippen molar-refractivity contribution >= 4 is 29.4 Å². The van der Waals surface area contributed by atoms with Gasteiger partial charge in [0.2, 0.25) is 11.8 Å². The van der Waals surface area contributed by atoms with E-state index in [9.17, 15) is 9.59 Å². The minimum Gasteiger partial charge on any atom is -0.496 e. The van der Waals surface area contributed by atoms with Crippen molar-refractivity contribution in [2.75, 3.05) is 37.5 Å². The molecule has 218 valence electrons. The predicted octanol–water partition coefficient (Wildman–Crippen LogP) is 5.26. The number of fused-ring (bicyclic) bond motifs is 1. The van der Waals surface area contributed by atoms with Crippen LogP contribution >= 0.6 is 11.8 Å². The van der Waals surface area contributed by atoms with Gasteiger partial charge in [0.1, 0.15) is 18.1 Å². The maximum Gasteiger partial charge on any atom is 0.240 e. The van der Waals surface area contributed by atoms with E-state index in [2.05, 4.69) is 58.1 Å². The van der Waals surface area contributed by atoms with Crippen LogP contribution in [0.3, 0.4) is 0 Å². The number of rotatable bonds is 7.